The molecule has 1 aliphatic carbocycles. The first kappa shape index (κ1) is 25.8. The van der Waals surface area contributed by atoms with Crippen molar-refractivity contribution in [3.8, 4) is 5.75 Å². The molecule has 0 aliphatic heterocycles. The van der Waals surface area contributed by atoms with Crippen molar-refractivity contribution in [2.75, 3.05) is 11.9 Å². The molecular weight excluding hydrogens is 476 g/mol. The summed E-state index contributed by atoms with van der Waals surface area (Å²) in [6.07, 6.45) is 2.23. The molecule has 2 N–H and O–H groups in total. The van der Waals surface area contributed by atoms with Gasteiger partial charge in [0.05, 0.1) is 22.6 Å². The molecule has 182 valence electrons. The van der Waals surface area contributed by atoms with Gasteiger partial charge in [-0.2, -0.15) is 0 Å². The Bertz CT molecular complexity index is 1220. The van der Waals surface area contributed by atoms with E-state index in [1.807, 2.05) is 20.8 Å². The van der Waals surface area contributed by atoms with E-state index in [1.54, 1.807) is 37.3 Å². The fourth-order valence-electron chi connectivity index (χ4n) is 4.16. The number of hydrogen-bond acceptors (Lipinski definition) is 5. The number of carbonyl (C=O) groups is 2. The van der Waals surface area contributed by atoms with Crippen LogP contribution in [0.5, 0.6) is 5.75 Å². The van der Waals surface area contributed by atoms with Gasteiger partial charge >= 0.3 is 0 Å². The molecule has 1 fully saturated rings. The summed E-state index contributed by atoms with van der Waals surface area (Å²) >= 11 is 5.88. The number of benzene rings is 2. The van der Waals surface area contributed by atoms with Crippen molar-refractivity contribution in [2.24, 2.45) is 16.7 Å². The number of allylic oxidation sites excluding steroid dienone is 1. The SMILES string of the molecule is C=C[C@@H]1C[C@@]1(C(=O)NS(=O)(=O)c1ccc(OCC)c(NC(=O)c2ccc(Cl)cc2)c1)C(C)(C)C. The van der Waals surface area contributed by atoms with Crippen molar-refractivity contribution in [3.63, 3.8) is 0 Å². The molecule has 0 spiro atoms. The third kappa shape index (κ3) is 4.98. The Morgan fingerprint density at radius 3 is 2.38 bits per heavy atom. The van der Waals surface area contributed by atoms with Crippen LogP contribution in [-0.4, -0.2) is 26.8 Å². The highest BCUT2D eigenvalue weighted by atomic mass is 35.5. The van der Waals surface area contributed by atoms with Crippen molar-refractivity contribution in [1.82, 2.24) is 4.72 Å². The van der Waals surface area contributed by atoms with Crippen molar-refractivity contribution in [1.29, 1.82) is 0 Å². The van der Waals surface area contributed by atoms with Crippen LogP contribution in [0.15, 0.2) is 60.0 Å². The summed E-state index contributed by atoms with van der Waals surface area (Å²) < 4.78 is 34.0. The van der Waals surface area contributed by atoms with Gasteiger partial charge in [-0.25, -0.2) is 13.1 Å². The van der Waals surface area contributed by atoms with E-state index in [4.69, 9.17) is 16.3 Å². The summed E-state index contributed by atoms with van der Waals surface area (Å²) in [5, 5.41) is 3.17. The average Bonchev–Trinajstić information content (AvgIpc) is 3.52. The minimum atomic E-state index is -4.21. The molecule has 1 aliphatic rings. The van der Waals surface area contributed by atoms with Gasteiger partial charge in [0.1, 0.15) is 5.75 Å². The Morgan fingerprint density at radius 1 is 1.21 bits per heavy atom. The Hall–Kier alpha value is -2.84. The quantitative estimate of drug-likeness (QED) is 0.491. The van der Waals surface area contributed by atoms with Gasteiger partial charge < -0.3 is 10.1 Å². The number of rotatable bonds is 8. The zero-order valence-corrected chi connectivity index (χ0v) is 21.2. The lowest BCUT2D eigenvalue weighted by molar-refractivity contribution is -0.128. The highest BCUT2D eigenvalue weighted by molar-refractivity contribution is 7.90. The monoisotopic (exact) mass is 504 g/mol. The fourth-order valence-corrected chi connectivity index (χ4v) is 5.35. The largest absolute Gasteiger partial charge is 0.492 e. The van der Waals surface area contributed by atoms with Gasteiger partial charge in [-0.05, 0) is 67.1 Å². The average molecular weight is 505 g/mol. The Labute approximate surface area is 205 Å². The molecule has 2 aromatic carbocycles. The smallest absolute Gasteiger partial charge is 0.264 e. The summed E-state index contributed by atoms with van der Waals surface area (Å²) in [5.74, 6) is -0.826. The van der Waals surface area contributed by atoms with Crippen molar-refractivity contribution in [3.05, 3.63) is 65.7 Å². The zero-order valence-electron chi connectivity index (χ0n) is 19.6. The summed E-state index contributed by atoms with van der Waals surface area (Å²) in [6, 6.07) is 10.3. The van der Waals surface area contributed by atoms with Crippen LogP contribution in [-0.2, 0) is 14.8 Å². The topological polar surface area (TPSA) is 102 Å². The number of sulfonamides is 1. The lowest BCUT2D eigenvalue weighted by atomic mass is 9.75. The second-order valence-electron chi connectivity index (χ2n) is 9.25. The predicted octanol–water partition coefficient (Wildman–Crippen LogP) is 5.03. The first-order valence-electron chi connectivity index (χ1n) is 10.9. The van der Waals surface area contributed by atoms with E-state index in [9.17, 15) is 18.0 Å². The van der Waals surface area contributed by atoms with E-state index in [-0.39, 0.29) is 16.5 Å². The standard InChI is InChI=1S/C25H29ClN2O5S/c1-6-17-15-25(17,24(3,4)5)23(30)28-34(31,32)19-12-13-21(33-7-2)20(14-19)27-22(29)16-8-10-18(26)11-9-16/h6,8-14,17H,1,7,15H2,2-5H3,(H,27,29)(H,28,30)/t17-,25-/m1/s1. The molecule has 0 radical (unpaired) electrons. The van der Waals surface area contributed by atoms with Crippen LogP contribution in [0.3, 0.4) is 0 Å². The van der Waals surface area contributed by atoms with Gasteiger partial charge in [0.25, 0.3) is 15.9 Å². The van der Waals surface area contributed by atoms with E-state index in [0.717, 1.165) is 0 Å². The number of carbonyl (C=O) groups excluding carboxylic acids is 2. The number of halogens is 1. The molecular formula is C25H29ClN2O5S. The van der Waals surface area contributed by atoms with Gasteiger partial charge in [-0.3, -0.25) is 9.59 Å². The van der Waals surface area contributed by atoms with Crippen LogP contribution < -0.4 is 14.8 Å². The lowest BCUT2D eigenvalue weighted by Gasteiger charge is -2.30. The molecule has 3 rings (SSSR count). The van der Waals surface area contributed by atoms with E-state index < -0.39 is 32.7 Å². The van der Waals surface area contributed by atoms with Crippen LogP contribution in [0.25, 0.3) is 0 Å². The minimum Gasteiger partial charge on any atom is -0.492 e. The maximum Gasteiger partial charge on any atom is 0.264 e. The molecule has 0 unspecified atom stereocenters. The molecule has 0 saturated heterocycles. The van der Waals surface area contributed by atoms with E-state index in [2.05, 4.69) is 16.6 Å². The molecule has 7 nitrogen and oxygen atoms in total. The van der Waals surface area contributed by atoms with Gasteiger partial charge in [0.2, 0.25) is 5.91 Å². The van der Waals surface area contributed by atoms with Crippen LogP contribution >= 0.6 is 11.6 Å². The molecule has 0 aromatic heterocycles. The van der Waals surface area contributed by atoms with Crippen molar-refractivity contribution >= 4 is 39.1 Å². The lowest BCUT2D eigenvalue weighted by Crippen LogP contribution is -2.43. The highest BCUT2D eigenvalue weighted by Crippen LogP contribution is 2.64. The number of hydrogen-bond donors (Lipinski definition) is 2. The zero-order chi connectivity index (χ0) is 25.3. The molecule has 34 heavy (non-hydrogen) atoms. The van der Waals surface area contributed by atoms with Gasteiger partial charge in [-0.15, -0.1) is 6.58 Å². The van der Waals surface area contributed by atoms with Crippen LogP contribution in [0, 0.1) is 16.7 Å². The highest BCUT2D eigenvalue weighted by Gasteiger charge is 2.65. The number of anilines is 1. The number of ether oxygens (including phenoxy) is 1. The van der Waals surface area contributed by atoms with Gasteiger partial charge in [-0.1, -0.05) is 38.4 Å². The maximum atomic E-state index is 13.1. The second kappa shape index (κ2) is 9.43. The minimum absolute atomic E-state index is 0.0998. The van der Waals surface area contributed by atoms with E-state index >= 15 is 0 Å². The van der Waals surface area contributed by atoms with Crippen molar-refractivity contribution in [2.45, 2.75) is 39.0 Å². The van der Waals surface area contributed by atoms with Gasteiger partial charge in [0, 0.05) is 10.6 Å². The Balaban J connectivity index is 1.90. The number of amides is 2. The summed E-state index contributed by atoms with van der Waals surface area (Å²) in [5.41, 5.74) is -0.802. The van der Waals surface area contributed by atoms with E-state index in [0.29, 0.717) is 29.4 Å². The Morgan fingerprint density at radius 2 is 1.85 bits per heavy atom. The maximum absolute atomic E-state index is 13.1. The molecule has 0 heterocycles. The Kier molecular flexibility index (Phi) is 7.15. The first-order chi connectivity index (χ1) is 15.9. The molecule has 2 amide bonds. The van der Waals surface area contributed by atoms with E-state index in [1.165, 1.54) is 18.2 Å². The summed E-state index contributed by atoms with van der Waals surface area (Å²) in [7, 11) is -4.21. The first-order valence-corrected chi connectivity index (χ1v) is 12.8. The molecule has 0 bridgehead atoms. The van der Waals surface area contributed by atoms with Crippen LogP contribution in [0.4, 0.5) is 5.69 Å². The predicted molar refractivity (Wildman–Crippen MR) is 133 cm³/mol. The fraction of sp³-hybridized carbons (Fsp3) is 0.360. The van der Waals surface area contributed by atoms with Gasteiger partial charge in [0.15, 0.2) is 0 Å². The normalized spacial score (nSPS) is 19.7. The van der Waals surface area contributed by atoms with Crippen molar-refractivity contribution < 1.29 is 22.7 Å². The third-order valence-electron chi connectivity index (χ3n) is 6.19. The summed E-state index contributed by atoms with van der Waals surface area (Å²) in [4.78, 5) is 25.7. The molecule has 1 saturated carbocycles. The third-order valence-corrected chi connectivity index (χ3v) is 7.77. The molecule has 9 heteroatoms. The van der Waals surface area contributed by atoms with Crippen LogP contribution in [0.2, 0.25) is 5.02 Å². The second-order valence-corrected chi connectivity index (χ2v) is 11.4. The molecule has 2 atom stereocenters. The summed E-state index contributed by atoms with van der Waals surface area (Å²) in [6.45, 7) is 11.6. The number of nitrogens with one attached hydrogen (secondary N) is 2. The molecule has 2 aromatic rings. The van der Waals surface area contributed by atoms with Crippen LogP contribution in [0.1, 0.15) is 44.5 Å².